The molecule has 0 aromatic heterocycles. The van der Waals surface area contributed by atoms with E-state index in [4.69, 9.17) is 5.73 Å². The van der Waals surface area contributed by atoms with Crippen molar-refractivity contribution in [3.63, 3.8) is 0 Å². The third-order valence-electron chi connectivity index (χ3n) is 3.60. The van der Waals surface area contributed by atoms with Gasteiger partial charge in [-0.2, -0.15) is 0 Å². The zero-order valence-electron chi connectivity index (χ0n) is 10.4. The lowest BCUT2D eigenvalue weighted by molar-refractivity contribution is -0.0565. The molecule has 4 N–H and O–H groups in total. The summed E-state index contributed by atoms with van der Waals surface area (Å²) in [7, 11) is 3.88. The van der Waals surface area contributed by atoms with Crippen LogP contribution in [-0.4, -0.2) is 63.9 Å². The van der Waals surface area contributed by atoms with Crippen LogP contribution in [0.3, 0.4) is 0 Å². The van der Waals surface area contributed by atoms with Crippen molar-refractivity contribution in [2.75, 3.05) is 14.1 Å². The summed E-state index contributed by atoms with van der Waals surface area (Å²) in [6, 6.07) is -0.299. The Morgan fingerprint density at radius 3 is 2.59 bits per heavy atom. The molecule has 0 bridgehead atoms. The van der Waals surface area contributed by atoms with Crippen molar-refractivity contribution in [3.05, 3.63) is 0 Å². The van der Waals surface area contributed by atoms with E-state index in [9.17, 15) is 10.2 Å². The average Bonchev–Trinajstić information content (AvgIpc) is 2.67. The fourth-order valence-corrected chi connectivity index (χ4v) is 3.88. The van der Waals surface area contributed by atoms with Gasteiger partial charge in [0.2, 0.25) is 0 Å². The lowest BCUT2D eigenvalue weighted by Crippen LogP contribution is -2.54. The topological polar surface area (TPSA) is 82.1 Å². The van der Waals surface area contributed by atoms with Crippen LogP contribution in [0.5, 0.6) is 0 Å². The second-order valence-electron chi connectivity index (χ2n) is 5.19. The quantitative estimate of drug-likeness (QED) is 0.590. The molecule has 1 aliphatic heterocycles. The molecule has 1 saturated carbocycles. The van der Waals surface area contributed by atoms with Crippen molar-refractivity contribution in [3.8, 4) is 0 Å². The van der Waals surface area contributed by atoms with Gasteiger partial charge in [-0.25, -0.2) is 0 Å². The second kappa shape index (κ2) is 4.76. The fraction of sp³-hybridized carbons (Fsp3) is 0.909. The van der Waals surface area contributed by atoms with Crippen molar-refractivity contribution in [1.29, 1.82) is 0 Å². The van der Waals surface area contributed by atoms with Gasteiger partial charge in [0, 0.05) is 31.3 Å². The van der Waals surface area contributed by atoms with E-state index in [1.54, 1.807) is 11.8 Å². The molecule has 6 heteroatoms. The van der Waals surface area contributed by atoms with Gasteiger partial charge in [0.05, 0.1) is 12.1 Å². The number of hydrogen-bond acceptors (Lipinski definition) is 6. The minimum atomic E-state index is -0.797. The van der Waals surface area contributed by atoms with Gasteiger partial charge in [-0.05, 0) is 13.3 Å². The predicted molar refractivity (Wildman–Crippen MR) is 70.1 cm³/mol. The average molecular weight is 259 g/mol. The Bertz CT molecular complexity index is 322. The SMILES string of the molecule is C[C@@H](N)[C@H]1C[C@@H]2SC(N(C)C)=N[C@@H]2[C@@H](O)[C@@H]1O. The summed E-state index contributed by atoms with van der Waals surface area (Å²) < 4.78 is 0. The standard InChI is InChI=1S/C11H21N3O2S/c1-5(12)6-4-7-8(10(16)9(6)15)13-11(17-7)14(2)3/h5-10,15-16H,4,12H2,1-3H3/t5-,6-,7+,8+,9-,10-/m1/s1. The molecule has 0 aromatic rings. The second-order valence-corrected chi connectivity index (χ2v) is 6.40. The van der Waals surface area contributed by atoms with E-state index < -0.39 is 12.2 Å². The molecule has 5 nitrogen and oxygen atoms in total. The molecule has 0 amide bonds. The normalized spacial score (nSPS) is 42.9. The Morgan fingerprint density at radius 1 is 1.41 bits per heavy atom. The maximum atomic E-state index is 10.1. The molecule has 98 valence electrons. The molecule has 17 heavy (non-hydrogen) atoms. The maximum Gasteiger partial charge on any atom is 0.159 e. The number of thioether (sulfide) groups is 1. The Balaban J connectivity index is 2.15. The number of amidine groups is 1. The van der Waals surface area contributed by atoms with E-state index >= 15 is 0 Å². The number of rotatable bonds is 1. The minimum absolute atomic E-state index is 0.0459. The molecular formula is C11H21N3O2S. The van der Waals surface area contributed by atoms with E-state index in [-0.39, 0.29) is 23.3 Å². The van der Waals surface area contributed by atoms with Gasteiger partial charge in [-0.15, -0.1) is 0 Å². The van der Waals surface area contributed by atoms with Crippen molar-refractivity contribution in [1.82, 2.24) is 4.90 Å². The number of hydrogen-bond donors (Lipinski definition) is 3. The molecular weight excluding hydrogens is 238 g/mol. The molecule has 2 rings (SSSR count). The summed E-state index contributed by atoms with van der Waals surface area (Å²) in [6.07, 6.45) is -0.747. The van der Waals surface area contributed by atoms with Crippen LogP contribution in [0, 0.1) is 5.92 Å². The van der Waals surface area contributed by atoms with E-state index in [1.165, 1.54) is 0 Å². The van der Waals surface area contributed by atoms with Crippen molar-refractivity contribution < 1.29 is 10.2 Å². The summed E-state index contributed by atoms with van der Waals surface area (Å²) in [5, 5.41) is 21.3. The van der Waals surface area contributed by atoms with Crippen molar-refractivity contribution in [2.24, 2.45) is 16.6 Å². The Hall–Kier alpha value is -0.300. The first-order valence-electron chi connectivity index (χ1n) is 5.95. The molecule has 1 aliphatic carbocycles. The van der Waals surface area contributed by atoms with Gasteiger partial charge in [0.15, 0.2) is 5.17 Å². The van der Waals surface area contributed by atoms with Crippen LogP contribution in [0.2, 0.25) is 0 Å². The number of aliphatic hydroxyl groups is 2. The molecule has 0 radical (unpaired) electrons. The number of aliphatic imine (C=N–C) groups is 1. The highest BCUT2D eigenvalue weighted by Gasteiger charge is 2.48. The van der Waals surface area contributed by atoms with Crippen molar-refractivity contribution in [2.45, 2.75) is 42.9 Å². The lowest BCUT2D eigenvalue weighted by atomic mass is 9.78. The minimum Gasteiger partial charge on any atom is -0.390 e. The highest BCUT2D eigenvalue weighted by atomic mass is 32.2. The number of fused-ring (bicyclic) bond motifs is 1. The number of nitrogens with two attached hydrogens (primary N) is 1. The maximum absolute atomic E-state index is 10.1. The summed E-state index contributed by atoms with van der Waals surface area (Å²) in [5.41, 5.74) is 5.87. The van der Waals surface area contributed by atoms with Gasteiger partial charge in [0.1, 0.15) is 6.10 Å². The zero-order valence-corrected chi connectivity index (χ0v) is 11.3. The van der Waals surface area contributed by atoms with Gasteiger partial charge in [-0.3, -0.25) is 4.99 Å². The van der Waals surface area contributed by atoms with Gasteiger partial charge in [-0.1, -0.05) is 11.8 Å². The van der Waals surface area contributed by atoms with Crippen LogP contribution in [0.25, 0.3) is 0 Å². The van der Waals surface area contributed by atoms with Gasteiger partial charge >= 0.3 is 0 Å². The molecule has 0 saturated heterocycles. The van der Waals surface area contributed by atoms with Crippen molar-refractivity contribution >= 4 is 16.9 Å². The molecule has 0 unspecified atom stereocenters. The third-order valence-corrected chi connectivity index (χ3v) is 5.05. The Morgan fingerprint density at radius 2 is 2.06 bits per heavy atom. The van der Waals surface area contributed by atoms with Crippen LogP contribution in [0.4, 0.5) is 0 Å². The van der Waals surface area contributed by atoms with E-state index in [0.717, 1.165) is 11.6 Å². The first-order valence-corrected chi connectivity index (χ1v) is 6.83. The first kappa shape index (κ1) is 13.1. The van der Waals surface area contributed by atoms with Gasteiger partial charge in [0.25, 0.3) is 0 Å². The highest BCUT2D eigenvalue weighted by molar-refractivity contribution is 8.14. The van der Waals surface area contributed by atoms with Crippen LogP contribution in [0.1, 0.15) is 13.3 Å². The monoisotopic (exact) mass is 259 g/mol. The van der Waals surface area contributed by atoms with Crippen LogP contribution in [-0.2, 0) is 0 Å². The molecule has 0 spiro atoms. The largest absolute Gasteiger partial charge is 0.390 e. The van der Waals surface area contributed by atoms with Crippen LogP contribution in [0.15, 0.2) is 4.99 Å². The molecule has 2 aliphatic rings. The molecule has 6 atom stereocenters. The van der Waals surface area contributed by atoms with E-state index in [1.807, 2.05) is 25.9 Å². The summed E-state index contributed by atoms with van der Waals surface area (Å²) in [5.74, 6) is -0.0459. The summed E-state index contributed by atoms with van der Waals surface area (Å²) in [6.45, 7) is 1.88. The number of nitrogens with zero attached hydrogens (tertiary/aromatic N) is 2. The van der Waals surface area contributed by atoms with Gasteiger partial charge < -0.3 is 20.8 Å². The zero-order chi connectivity index (χ0) is 12.7. The lowest BCUT2D eigenvalue weighted by Gasteiger charge is -2.39. The van der Waals surface area contributed by atoms with E-state index in [2.05, 4.69) is 4.99 Å². The smallest absolute Gasteiger partial charge is 0.159 e. The summed E-state index contributed by atoms with van der Waals surface area (Å²) >= 11 is 1.68. The number of aliphatic hydroxyl groups excluding tert-OH is 2. The van der Waals surface area contributed by atoms with E-state index in [0.29, 0.717) is 0 Å². The fourth-order valence-electron chi connectivity index (χ4n) is 2.54. The third kappa shape index (κ3) is 2.31. The Labute approximate surface area is 106 Å². The predicted octanol–water partition coefficient (Wildman–Crippen LogP) is -0.523. The molecule has 1 heterocycles. The first-order chi connectivity index (χ1) is 7.91. The Kier molecular flexibility index (Phi) is 3.68. The molecule has 0 aromatic carbocycles. The van der Waals surface area contributed by atoms with Crippen LogP contribution < -0.4 is 5.73 Å². The summed E-state index contributed by atoms with van der Waals surface area (Å²) in [4.78, 5) is 6.44. The molecule has 1 fully saturated rings. The highest BCUT2D eigenvalue weighted by Crippen LogP contribution is 2.41. The van der Waals surface area contributed by atoms with Crippen LogP contribution >= 0.6 is 11.8 Å².